The maximum absolute atomic E-state index is 11.0. The molecule has 0 heterocycles. The monoisotopic (exact) mass is 393 g/mol. The summed E-state index contributed by atoms with van der Waals surface area (Å²) in [6.45, 7) is 5.76. The predicted molar refractivity (Wildman–Crippen MR) is 116 cm³/mol. The number of benzene rings is 3. The molecule has 0 bridgehead atoms. The van der Waals surface area contributed by atoms with Crippen LogP contribution in [0, 0.1) is 13.8 Å². The van der Waals surface area contributed by atoms with Crippen LogP contribution < -0.4 is 10.1 Å². The third-order valence-electron chi connectivity index (χ3n) is 4.15. The molecular weight excluding hydrogens is 366 g/mol. The number of carbonyl (C=O) groups excluding carboxylic acids is 1. The van der Waals surface area contributed by atoms with Gasteiger partial charge in [-0.15, -0.1) is 0 Å². The van der Waals surface area contributed by atoms with Gasteiger partial charge in [0.05, 0.1) is 6.61 Å². The summed E-state index contributed by atoms with van der Waals surface area (Å²) < 4.78 is 5.62. The van der Waals surface area contributed by atoms with E-state index in [0.717, 1.165) is 16.7 Å². The van der Waals surface area contributed by atoms with Crippen molar-refractivity contribution in [3.63, 3.8) is 0 Å². The van der Waals surface area contributed by atoms with Gasteiger partial charge in [-0.3, -0.25) is 4.79 Å². The van der Waals surface area contributed by atoms with E-state index >= 15 is 0 Å². The Labute approximate surface area is 171 Å². The van der Waals surface area contributed by atoms with Crippen LogP contribution in [-0.2, 0) is 11.2 Å². The SMILES string of the molecule is CC(=O)Nc1cccc(OCCc2ccccc2O)c1.Cc1ccc(C)c(O)c1. The molecule has 3 rings (SSSR count). The zero-order valence-corrected chi connectivity index (χ0v) is 17.0. The van der Waals surface area contributed by atoms with E-state index in [1.807, 2.05) is 50.2 Å². The number of phenols is 2. The highest BCUT2D eigenvalue weighted by Gasteiger charge is 2.02. The van der Waals surface area contributed by atoms with Crippen LogP contribution in [0.4, 0.5) is 5.69 Å². The van der Waals surface area contributed by atoms with E-state index in [1.54, 1.807) is 30.3 Å². The van der Waals surface area contributed by atoms with E-state index in [2.05, 4.69) is 5.32 Å². The number of ether oxygens (including phenoxy) is 1. The van der Waals surface area contributed by atoms with Crippen molar-refractivity contribution in [2.75, 3.05) is 11.9 Å². The topological polar surface area (TPSA) is 78.8 Å². The van der Waals surface area contributed by atoms with Crippen LogP contribution in [0.5, 0.6) is 17.2 Å². The fraction of sp³-hybridized carbons (Fsp3) is 0.208. The normalized spacial score (nSPS) is 9.90. The summed E-state index contributed by atoms with van der Waals surface area (Å²) in [7, 11) is 0. The molecule has 0 atom stereocenters. The van der Waals surface area contributed by atoms with Crippen molar-refractivity contribution >= 4 is 11.6 Å². The third kappa shape index (κ3) is 7.58. The Morgan fingerprint density at radius 3 is 2.34 bits per heavy atom. The van der Waals surface area contributed by atoms with Crippen LogP contribution in [0.2, 0.25) is 0 Å². The van der Waals surface area contributed by atoms with E-state index in [-0.39, 0.29) is 11.7 Å². The Kier molecular flexibility index (Phi) is 8.10. The zero-order valence-electron chi connectivity index (χ0n) is 17.0. The smallest absolute Gasteiger partial charge is 0.221 e. The molecule has 0 unspecified atom stereocenters. The van der Waals surface area contributed by atoms with E-state index < -0.39 is 0 Å². The summed E-state index contributed by atoms with van der Waals surface area (Å²) >= 11 is 0. The number of hydrogen-bond acceptors (Lipinski definition) is 4. The number of rotatable bonds is 5. The van der Waals surface area contributed by atoms with Crippen molar-refractivity contribution in [2.24, 2.45) is 0 Å². The molecule has 0 saturated heterocycles. The van der Waals surface area contributed by atoms with Gasteiger partial charge in [0, 0.05) is 25.1 Å². The first kappa shape index (κ1) is 21.8. The summed E-state index contributed by atoms with van der Waals surface area (Å²) in [4.78, 5) is 11.0. The van der Waals surface area contributed by atoms with Crippen LogP contribution in [0.25, 0.3) is 0 Å². The first-order chi connectivity index (χ1) is 13.8. The lowest BCUT2D eigenvalue weighted by Crippen LogP contribution is -2.06. The minimum absolute atomic E-state index is 0.114. The fourth-order valence-electron chi connectivity index (χ4n) is 2.59. The van der Waals surface area contributed by atoms with Crippen molar-refractivity contribution in [2.45, 2.75) is 27.2 Å². The number of hydrogen-bond donors (Lipinski definition) is 3. The second kappa shape index (κ2) is 10.8. The molecule has 3 aromatic carbocycles. The van der Waals surface area contributed by atoms with Gasteiger partial charge in [-0.25, -0.2) is 0 Å². The molecule has 0 saturated carbocycles. The lowest BCUT2D eigenvalue weighted by Gasteiger charge is -2.09. The van der Waals surface area contributed by atoms with Gasteiger partial charge < -0.3 is 20.3 Å². The second-order valence-electron chi connectivity index (χ2n) is 6.73. The van der Waals surface area contributed by atoms with Gasteiger partial charge in [0.25, 0.3) is 0 Å². The van der Waals surface area contributed by atoms with Crippen molar-refractivity contribution < 1.29 is 19.7 Å². The Balaban J connectivity index is 0.000000278. The highest BCUT2D eigenvalue weighted by Crippen LogP contribution is 2.19. The number of aromatic hydroxyl groups is 2. The minimum Gasteiger partial charge on any atom is -0.508 e. The average Bonchev–Trinajstić information content (AvgIpc) is 2.67. The van der Waals surface area contributed by atoms with E-state index in [9.17, 15) is 9.90 Å². The minimum atomic E-state index is -0.114. The van der Waals surface area contributed by atoms with Gasteiger partial charge in [0.15, 0.2) is 0 Å². The average molecular weight is 393 g/mol. The largest absolute Gasteiger partial charge is 0.508 e. The number of phenolic OH excluding ortho intramolecular Hbond substituents is 2. The van der Waals surface area contributed by atoms with Gasteiger partial charge in [-0.2, -0.15) is 0 Å². The van der Waals surface area contributed by atoms with Gasteiger partial charge in [-0.1, -0.05) is 36.4 Å². The number of aryl methyl sites for hydroxylation is 2. The second-order valence-corrected chi connectivity index (χ2v) is 6.73. The molecule has 0 aliphatic rings. The molecule has 0 aromatic heterocycles. The van der Waals surface area contributed by atoms with Gasteiger partial charge in [0.2, 0.25) is 5.91 Å². The Morgan fingerprint density at radius 1 is 0.931 bits per heavy atom. The highest BCUT2D eigenvalue weighted by molar-refractivity contribution is 5.88. The number of nitrogens with one attached hydrogen (secondary N) is 1. The summed E-state index contributed by atoms with van der Waals surface area (Å²) in [6, 6.07) is 20.1. The molecule has 0 spiro atoms. The first-order valence-corrected chi connectivity index (χ1v) is 9.38. The van der Waals surface area contributed by atoms with Crippen molar-refractivity contribution in [3.8, 4) is 17.2 Å². The predicted octanol–water partition coefficient (Wildman–Crippen LogP) is 4.98. The van der Waals surface area contributed by atoms with Gasteiger partial charge in [-0.05, 0) is 54.8 Å². The standard InChI is InChI=1S/C16H17NO3.C8H10O/c1-12(18)17-14-6-4-7-15(11-14)20-10-9-13-5-2-3-8-16(13)19;1-6-3-4-7(2)8(9)5-6/h2-8,11,19H,9-10H2,1H3,(H,17,18);3-5,9H,1-2H3. The summed E-state index contributed by atoms with van der Waals surface area (Å²) in [5.41, 5.74) is 3.58. The van der Waals surface area contributed by atoms with Crippen LogP contribution in [0.15, 0.2) is 66.7 Å². The Bertz CT molecular complexity index is 953. The maximum atomic E-state index is 11.0. The maximum Gasteiger partial charge on any atom is 0.221 e. The van der Waals surface area contributed by atoms with Crippen molar-refractivity contribution in [1.82, 2.24) is 0 Å². The van der Waals surface area contributed by atoms with Crippen LogP contribution in [0.3, 0.4) is 0 Å². The molecule has 1 amide bonds. The highest BCUT2D eigenvalue weighted by atomic mass is 16.5. The Hall–Kier alpha value is -3.47. The lowest BCUT2D eigenvalue weighted by atomic mass is 10.1. The molecule has 0 aliphatic heterocycles. The molecule has 0 fully saturated rings. The summed E-state index contributed by atoms with van der Waals surface area (Å²) in [6.07, 6.45) is 0.622. The molecule has 152 valence electrons. The number of carbonyl (C=O) groups is 1. The van der Waals surface area contributed by atoms with Gasteiger partial charge in [0.1, 0.15) is 17.2 Å². The summed E-state index contributed by atoms with van der Waals surface area (Å²) in [5, 5.41) is 21.5. The summed E-state index contributed by atoms with van der Waals surface area (Å²) in [5.74, 6) is 1.24. The molecule has 0 aliphatic carbocycles. The first-order valence-electron chi connectivity index (χ1n) is 9.38. The molecule has 5 nitrogen and oxygen atoms in total. The van der Waals surface area contributed by atoms with Crippen molar-refractivity contribution in [3.05, 3.63) is 83.4 Å². The fourth-order valence-corrected chi connectivity index (χ4v) is 2.59. The number of para-hydroxylation sites is 1. The molecule has 29 heavy (non-hydrogen) atoms. The molecule has 5 heteroatoms. The molecular formula is C24H27NO4. The van der Waals surface area contributed by atoms with Crippen LogP contribution in [-0.4, -0.2) is 22.7 Å². The van der Waals surface area contributed by atoms with E-state index in [4.69, 9.17) is 9.84 Å². The van der Waals surface area contributed by atoms with E-state index in [0.29, 0.717) is 30.2 Å². The van der Waals surface area contributed by atoms with Crippen LogP contribution in [0.1, 0.15) is 23.6 Å². The number of anilines is 1. The number of amides is 1. The molecule has 0 radical (unpaired) electrons. The Morgan fingerprint density at radius 2 is 1.69 bits per heavy atom. The van der Waals surface area contributed by atoms with Crippen LogP contribution >= 0.6 is 0 Å². The third-order valence-corrected chi connectivity index (χ3v) is 4.15. The van der Waals surface area contributed by atoms with Gasteiger partial charge >= 0.3 is 0 Å². The molecule has 3 N–H and O–H groups in total. The lowest BCUT2D eigenvalue weighted by molar-refractivity contribution is -0.114. The van der Waals surface area contributed by atoms with Crippen molar-refractivity contribution in [1.29, 1.82) is 0 Å². The molecule has 3 aromatic rings. The zero-order chi connectivity index (χ0) is 21.2. The van der Waals surface area contributed by atoms with E-state index in [1.165, 1.54) is 6.92 Å². The quantitative estimate of drug-likeness (QED) is 0.571.